The fourth-order valence-electron chi connectivity index (χ4n) is 1.37. The molecular formula is C8H12N4OS. The molecule has 0 radical (unpaired) electrons. The zero-order valence-electron chi connectivity index (χ0n) is 7.69. The fourth-order valence-corrected chi connectivity index (χ4v) is 2.59. The normalized spacial score (nSPS) is 21.0. The van der Waals surface area contributed by atoms with Crippen molar-refractivity contribution in [2.45, 2.75) is 13.0 Å². The Morgan fingerprint density at radius 3 is 3.36 bits per heavy atom. The van der Waals surface area contributed by atoms with E-state index in [2.05, 4.69) is 20.5 Å². The summed E-state index contributed by atoms with van der Waals surface area (Å²) >= 11 is 1.84. The highest BCUT2D eigenvalue weighted by Gasteiger charge is 2.22. The highest BCUT2D eigenvalue weighted by Crippen LogP contribution is 2.23. The summed E-state index contributed by atoms with van der Waals surface area (Å²) in [4.78, 5) is 15.5. The molecule has 1 aromatic rings. The van der Waals surface area contributed by atoms with Gasteiger partial charge in [0.1, 0.15) is 12.2 Å². The molecule has 14 heavy (non-hydrogen) atoms. The Hall–Kier alpha value is -1.04. The highest BCUT2D eigenvalue weighted by atomic mass is 32.2. The number of carbonyl (C=O) groups excluding carboxylic acids is 1. The van der Waals surface area contributed by atoms with E-state index in [-0.39, 0.29) is 11.8 Å². The first-order chi connectivity index (χ1) is 6.86. The monoisotopic (exact) mass is 212 g/mol. The lowest BCUT2D eigenvalue weighted by Gasteiger charge is -2.07. The van der Waals surface area contributed by atoms with Gasteiger partial charge in [-0.05, 0) is 12.2 Å². The lowest BCUT2D eigenvalue weighted by atomic mass is 10.1. The zero-order valence-corrected chi connectivity index (χ0v) is 8.51. The Labute approximate surface area is 86.1 Å². The van der Waals surface area contributed by atoms with Crippen LogP contribution in [-0.4, -0.2) is 32.6 Å². The third-order valence-corrected chi connectivity index (χ3v) is 3.36. The van der Waals surface area contributed by atoms with E-state index in [1.54, 1.807) is 0 Å². The van der Waals surface area contributed by atoms with Crippen LogP contribution in [0.1, 0.15) is 12.2 Å². The van der Waals surface area contributed by atoms with Crippen LogP contribution < -0.4 is 5.32 Å². The number of hydrogen-bond acceptors (Lipinski definition) is 4. The van der Waals surface area contributed by atoms with Crippen molar-refractivity contribution < 1.29 is 4.79 Å². The van der Waals surface area contributed by atoms with Crippen LogP contribution in [0.2, 0.25) is 0 Å². The maximum atomic E-state index is 11.6. The third kappa shape index (κ3) is 2.25. The van der Waals surface area contributed by atoms with Gasteiger partial charge in [0, 0.05) is 11.7 Å². The molecule has 2 heterocycles. The maximum absolute atomic E-state index is 11.6. The molecule has 1 aliphatic heterocycles. The van der Waals surface area contributed by atoms with Crippen LogP contribution in [0.3, 0.4) is 0 Å². The predicted octanol–water partition coefficient (Wildman–Crippen LogP) is 0.174. The summed E-state index contributed by atoms with van der Waals surface area (Å²) in [6, 6.07) is 0. The van der Waals surface area contributed by atoms with Crippen LogP contribution in [-0.2, 0) is 11.3 Å². The average molecular weight is 212 g/mol. The SMILES string of the molecule is O=C(NCc1ncn[nH]1)C1CCSC1. The molecular weight excluding hydrogens is 200 g/mol. The van der Waals surface area contributed by atoms with E-state index in [1.165, 1.54) is 6.33 Å². The van der Waals surface area contributed by atoms with Crippen LogP contribution in [0, 0.1) is 5.92 Å². The minimum atomic E-state index is 0.131. The van der Waals surface area contributed by atoms with Gasteiger partial charge >= 0.3 is 0 Å². The van der Waals surface area contributed by atoms with Crippen molar-refractivity contribution in [1.29, 1.82) is 0 Å². The lowest BCUT2D eigenvalue weighted by molar-refractivity contribution is -0.124. The number of nitrogens with one attached hydrogen (secondary N) is 2. The number of nitrogens with zero attached hydrogens (tertiary/aromatic N) is 2. The van der Waals surface area contributed by atoms with Crippen molar-refractivity contribution in [3.8, 4) is 0 Å². The minimum Gasteiger partial charge on any atom is -0.349 e. The summed E-state index contributed by atoms with van der Waals surface area (Å²) < 4.78 is 0. The molecule has 1 fully saturated rings. The molecule has 6 heteroatoms. The van der Waals surface area contributed by atoms with E-state index in [1.807, 2.05) is 11.8 Å². The number of aromatic nitrogens is 3. The van der Waals surface area contributed by atoms with Crippen LogP contribution >= 0.6 is 11.8 Å². The molecule has 0 bridgehead atoms. The highest BCUT2D eigenvalue weighted by molar-refractivity contribution is 7.99. The van der Waals surface area contributed by atoms with Gasteiger partial charge in [-0.25, -0.2) is 4.98 Å². The van der Waals surface area contributed by atoms with Gasteiger partial charge in [-0.2, -0.15) is 16.9 Å². The van der Waals surface area contributed by atoms with Crippen molar-refractivity contribution in [2.75, 3.05) is 11.5 Å². The van der Waals surface area contributed by atoms with Crippen molar-refractivity contribution in [3.05, 3.63) is 12.2 Å². The largest absolute Gasteiger partial charge is 0.349 e. The Bertz CT molecular complexity index is 294. The van der Waals surface area contributed by atoms with Gasteiger partial charge in [-0.1, -0.05) is 0 Å². The molecule has 1 unspecified atom stereocenters. The first kappa shape index (κ1) is 9.51. The molecule has 1 aromatic heterocycles. The van der Waals surface area contributed by atoms with E-state index < -0.39 is 0 Å². The summed E-state index contributed by atoms with van der Waals surface area (Å²) in [7, 11) is 0. The third-order valence-electron chi connectivity index (χ3n) is 2.20. The molecule has 0 saturated carbocycles. The molecule has 76 valence electrons. The summed E-state index contributed by atoms with van der Waals surface area (Å²) in [5.74, 6) is 3.06. The summed E-state index contributed by atoms with van der Waals surface area (Å²) in [5.41, 5.74) is 0. The molecule has 0 spiro atoms. The second-order valence-electron chi connectivity index (χ2n) is 3.21. The first-order valence-electron chi connectivity index (χ1n) is 4.56. The van der Waals surface area contributed by atoms with E-state index in [0.717, 1.165) is 17.9 Å². The molecule has 1 saturated heterocycles. The van der Waals surface area contributed by atoms with Crippen LogP contribution in [0.5, 0.6) is 0 Å². The van der Waals surface area contributed by atoms with E-state index in [9.17, 15) is 4.79 Å². The van der Waals surface area contributed by atoms with Crippen LogP contribution in [0.4, 0.5) is 0 Å². The molecule has 0 aliphatic carbocycles. The number of H-pyrrole nitrogens is 1. The standard InChI is InChI=1S/C8H12N4OS/c13-8(6-1-2-14-4-6)9-3-7-10-5-11-12-7/h5-6H,1-4H2,(H,9,13)(H,10,11,12). The van der Waals surface area contributed by atoms with E-state index in [4.69, 9.17) is 0 Å². The Balaban J connectivity index is 1.77. The van der Waals surface area contributed by atoms with Crippen molar-refractivity contribution in [3.63, 3.8) is 0 Å². The van der Waals surface area contributed by atoms with Crippen molar-refractivity contribution >= 4 is 17.7 Å². The number of carbonyl (C=O) groups is 1. The van der Waals surface area contributed by atoms with Crippen molar-refractivity contribution in [1.82, 2.24) is 20.5 Å². The smallest absolute Gasteiger partial charge is 0.224 e. The Kier molecular flexibility index (Phi) is 3.03. The first-order valence-corrected chi connectivity index (χ1v) is 5.71. The summed E-state index contributed by atoms with van der Waals surface area (Å²) in [6.07, 6.45) is 2.43. The number of aromatic amines is 1. The van der Waals surface area contributed by atoms with Gasteiger partial charge in [0.25, 0.3) is 0 Å². The summed E-state index contributed by atoms with van der Waals surface area (Å²) in [6.45, 7) is 0.444. The summed E-state index contributed by atoms with van der Waals surface area (Å²) in [5, 5.41) is 9.25. The van der Waals surface area contributed by atoms with E-state index in [0.29, 0.717) is 12.4 Å². The quantitative estimate of drug-likeness (QED) is 0.749. The second-order valence-corrected chi connectivity index (χ2v) is 4.36. The van der Waals surface area contributed by atoms with Crippen LogP contribution in [0.25, 0.3) is 0 Å². The molecule has 1 amide bonds. The van der Waals surface area contributed by atoms with Gasteiger partial charge in [-0.3, -0.25) is 9.89 Å². The molecule has 5 nitrogen and oxygen atoms in total. The molecule has 2 rings (SSSR count). The van der Waals surface area contributed by atoms with Gasteiger partial charge in [0.15, 0.2) is 0 Å². The average Bonchev–Trinajstić information content (AvgIpc) is 2.87. The number of rotatable bonds is 3. The Morgan fingerprint density at radius 1 is 1.79 bits per heavy atom. The topological polar surface area (TPSA) is 70.7 Å². The van der Waals surface area contributed by atoms with Crippen LogP contribution in [0.15, 0.2) is 6.33 Å². The lowest BCUT2D eigenvalue weighted by Crippen LogP contribution is -2.30. The molecule has 0 aromatic carbocycles. The van der Waals surface area contributed by atoms with Gasteiger partial charge in [0.05, 0.1) is 6.54 Å². The van der Waals surface area contributed by atoms with E-state index >= 15 is 0 Å². The van der Waals surface area contributed by atoms with Gasteiger partial charge < -0.3 is 5.32 Å². The molecule has 2 N–H and O–H groups in total. The van der Waals surface area contributed by atoms with Gasteiger partial charge in [-0.15, -0.1) is 0 Å². The minimum absolute atomic E-state index is 0.131. The fraction of sp³-hybridized carbons (Fsp3) is 0.625. The van der Waals surface area contributed by atoms with Gasteiger partial charge in [0.2, 0.25) is 5.91 Å². The molecule has 1 aliphatic rings. The number of thioether (sulfide) groups is 1. The van der Waals surface area contributed by atoms with Crippen molar-refractivity contribution in [2.24, 2.45) is 5.92 Å². The number of amides is 1. The maximum Gasteiger partial charge on any atom is 0.224 e. The zero-order chi connectivity index (χ0) is 9.80. The molecule has 1 atom stereocenters. The Morgan fingerprint density at radius 2 is 2.71 bits per heavy atom. The predicted molar refractivity (Wildman–Crippen MR) is 53.7 cm³/mol. The number of hydrogen-bond donors (Lipinski definition) is 2. The second kappa shape index (κ2) is 4.45.